The van der Waals surface area contributed by atoms with Gasteiger partial charge in [0.2, 0.25) is 0 Å². The van der Waals surface area contributed by atoms with Gasteiger partial charge in [-0.05, 0) is 24.6 Å². The van der Waals surface area contributed by atoms with Crippen molar-refractivity contribution >= 4 is 5.69 Å². The first-order valence-electron chi connectivity index (χ1n) is 4.05. The molecule has 0 amide bonds. The Morgan fingerprint density at radius 1 is 1.46 bits per heavy atom. The zero-order valence-electron chi connectivity index (χ0n) is 7.58. The molecule has 0 unspecified atom stereocenters. The molecule has 0 aliphatic carbocycles. The molecule has 0 aromatic heterocycles. The number of phenols is 1. The predicted octanol–water partition coefficient (Wildman–Crippen LogP) is 0.484. The lowest BCUT2D eigenvalue weighted by Crippen LogP contribution is -2.06. The molecule has 13 heavy (non-hydrogen) atoms. The first-order chi connectivity index (χ1) is 6.20. The van der Waals surface area contributed by atoms with Crippen LogP contribution in [0, 0.1) is 0 Å². The molecule has 0 fully saturated rings. The van der Waals surface area contributed by atoms with Crippen molar-refractivity contribution in [3.8, 4) is 11.5 Å². The van der Waals surface area contributed by atoms with Gasteiger partial charge in [-0.3, -0.25) is 0 Å². The molecule has 1 rings (SSSR count). The summed E-state index contributed by atoms with van der Waals surface area (Å²) < 4.78 is 4.95. The van der Waals surface area contributed by atoms with Gasteiger partial charge in [0.25, 0.3) is 0 Å². The van der Waals surface area contributed by atoms with E-state index in [-0.39, 0.29) is 5.75 Å². The molecular formula is C9H14N2O2. The Morgan fingerprint density at radius 3 is 2.69 bits per heavy atom. The third kappa shape index (κ3) is 1.84. The summed E-state index contributed by atoms with van der Waals surface area (Å²) in [6.45, 7) is 0.526. The van der Waals surface area contributed by atoms with Crippen LogP contribution in [0.15, 0.2) is 12.1 Å². The van der Waals surface area contributed by atoms with Crippen LogP contribution in [0.2, 0.25) is 0 Å². The lowest BCUT2D eigenvalue weighted by atomic mass is 10.1. The highest BCUT2D eigenvalue weighted by Gasteiger charge is 2.09. The Hall–Kier alpha value is -1.42. The van der Waals surface area contributed by atoms with Crippen LogP contribution in [0.1, 0.15) is 5.56 Å². The van der Waals surface area contributed by atoms with E-state index in [0.717, 1.165) is 5.56 Å². The molecule has 4 heteroatoms. The number of anilines is 1. The Bertz CT molecular complexity index is 300. The number of rotatable bonds is 3. The van der Waals surface area contributed by atoms with Gasteiger partial charge in [0.05, 0.1) is 12.8 Å². The zero-order valence-corrected chi connectivity index (χ0v) is 7.58. The van der Waals surface area contributed by atoms with Crippen LogP contribution in [-0.2, 0) is 6.42 Å². The van der Waals surface area contributed by atoms with E-state index in [1.807, 2.05) is 0 Å². The fourth-order valence-corrected chi connectivity index (χ4v) is 1.22. The SMILES string of the molecule is COc1c(O)ccc(CCN)c1N. The molecule has 0 aliphatic heterocycles. The number of aromatic hydroxyl groups is 1. The highest BCUT2D eigenvalue weighted by atomic mass is 16.5. The van der Waals surface area contributed by atoms with E-state index in [1.54, 1.807) is 12.1 Å². The van der Waals surface area contributed by atoms with Gasteiger partial charge in [0.1, 0.15) is 0 Å². The van der Waals surface area contributed by atoms with Crippen LogP contribution < -0.4 is 16.2 Å². The van der Waals surface area contributed by atoms with Crippen LogP contribution in [0.3, 0.4) is 0 Å². The van der Waals surface area contributed by atoms with Gasteiger partial charge < -0.3 is 21.3 Å². The summed E-state index contributed by atoms with van der Waals surface area (Å²) in [5.41, 5.74) is 12.5. The molecule has 0 bridgehead atoms. The summed E-state index contributed by atoms with van der Waals surface area (Å²) in [5, 5.41) is 9.35. The molecule has 0 saturated carbocycles. The number of phenolic OH excluding ortho intramolecular Hbond substituents is 1. The molecule has 0 atom stereocenters. The average Bonchev–Trinajstić information content (AvgIpc) is 2.11. The van der Waals surface area contributed by atoms with Gasteiger partial charge >= 0.3 is 0 Å². The highest BCUT2D eigenvalue weighted by molar-refractivity contribution is 5.64. The fourth-order valence-electron chi connectivity index (χ4n) is 1.22. The molecular weight excluding hydrogens is 168 g/mol. The second kappa shape index (κ2) is 4.00. The Labute approximate surface area is 77.1 Å². The summed E-state index contributed by atoms with van der Waals surface area (Å²) in [4.78, 5) is 0. The molecule has 72 valence electrons. The van der Waals surface area contributed by atoms with Gasteiger partial charge in [-0.25, -0.2) is 0 Å². The molecule has 0 spiro atoms. The number of nitrogen functional groups attached to an aromatic ring is 1. The number of ether oxygens (including phenoxy) is 1. The summed E-state index contributed by atoms with van der Waals surface area (Å²) in [7, 11) is 1.47. The van der Waals surface area contributed by atoms with Gasteiger partial charge in [-0.1, -0.05) is 6.07 Å². The smallest absolute Gasteiger partial charge is 0.183 e. The van der Waals surface area contributed by atoms with Crippen LogP contribution in [-0.4, -0.2) is 18.8 Å². The molecule has 0 radical (unpaired) electrons. The maximum atomic E-state index is 9.35. The largest absolute Gasteiger partial charge is 0.504 e. The third-order valence-electron chi connectivity index (χ3n) is 1.88. The predicted molar refractivity (Wildman–Crippen MR) is 51.8 cm³/mol. The number of hydrogen-bond donors (Lipinski definition) is 3. The van der Waals surface area contributed by atoms with Crippen molar-refractivity contribution in [3.63, 3.8) is 0 Å². The van der Waals surface area contributed by atoms with Gasteiger partial charge in [-0.2, -0.15) is 0 Å². The Morgan fingerprint density at radius 2 is 2.15 bits per heavy atom. The minimum atomic E-state index is 0.0563. The summed E-state index contributed by atoms with van der Waals surface area (Å²) in [6.07, 6.45) is 0.683. The van der Waals surface area contributed by atoms with Crippen LogP contribution in [0.4, 0.5) is 5.69 Å². The second-order valence-corrected chi connectivity index (χ2v) is 2.73. The number of nitrogens with two attached hydrogens (primary N) is 2. The van der Waals surface area contributed by atoms with E-state index in [2.05, 4.69) is 0 Å². The van der Waals surface area contributed by atoms with Crippen molar-refractivity contribution in [2.75, 3.05) is 19.4 Å². The van der Waals surface area contributed by atoms with Crippen molar-refractivity contribution < 1.29 is 9.84 Å². The first-order valence-corrected chi connectivity index (χ1v) is 4.05. The van der Waals surface area contributed by atoms with Crippen molar-refractivity contribution in [1.29, 1.82) is 0 Å². The van der Waals surface area contributed by atoms with Gasteiger partial charge in [-0.15, -0.1) is 0 Å². The zero-order chi connectivity index (χ0) is 9.84. The minimum absolute atomic E-state index is 0.0563. The monoisotopic (exact) mass is 182 g/mol. The van der Waals surface area contributed by atoms with Gasteiger partial charge in [0, 0.05) is 0 Å². The number of hydrogen-bond acceptors (Lipinski definition) is 4. The Kier molecular flexibility index (Phi) is 2.97. The Balaban J connectivity index is 3.11. The van der Waals surface area contributed by atoms with Crippen LogP contribution >= 0.6 is 0 Å². The molecule has 1 aromatic carbocycles. The van der Waals surface area contributed by atoms with Crippen LogP contribution in [0.25, 0.3) is 0 Å². The minimum Gasteiger partial charge on any atom is -0.504 e. The number of methoxy groups -OCH3 is 1. The summed E-state index contributed by atoms with van der Waals surface area (Å²) >= 11 is 0. The third-order valence-corrected chi connectivity index (χ3v) is 1.88. The van der Waals surface area contributed by atoms with Crippen molar-refractivity contribution in [3.05, 3.63) is 17.7 Å². The van der Waals surface area contributed by atoms with Crippen molar-refractivity contribution in [2.24, 2.45) is 5.73 Å². The van der Waals surface area contributed by atoms with E-state index in [0.29, 0.717) is 24.4 Å². The van der Waals surface area contributed by atoms with Gasteiger partial charge in [0.15, 0.2) is 11.5 Å². The molecule has 4 nitrogen and oxygen atoms in total. The highest BCUT2D eigenvalue weighted by Crippen LogP contribution is 2.34. The van der Waals surface area contributed by atoms with E-state index in [9.17, 15) is 5.11 Å². The maximum absolute atomic E-state index is 9.35. The molecule has 0 heterocycles. The topological polar surface area (TPSA) is 81.5 Å². The van der Waals surface area contributed by atoms with Crippen molar-refractivity contribution in [1.82, 2.24) is 0 Å². The lowest BCUT2D eigenvalue weighted by Gasteiger charge is -2.10. The van der Waals surface area contributed by atoms with E-state index < -0.39 is 0 Å². The maximum Gasteiger partial charge on any atom is 0.183 e. The molecule has 0 saturated heterocycles. The number of benzene rings is 1. The van der Waals surface area contributed by atoms with Crippen LogP contribution in [0.5, 0.6) is 11.5 Å². The summed E-state index contributed by atoms with van der Waals surface area (Å²) in [6, 6.07) is 3.31. The lowest BCUT2D eigenvalue weighted by molar-refractivity contribution is 0.375. The molecule has 5 N–H and O–H groups in total. The van der Waals surface area contributed by atoms with Crippen molar-refractivity contribution in [2.45, 2.75) is 6.42 Å². The molecule has 0 aliphatic rings. The second-order valence-electron chi connectivity index (χ2n) is 2.73. The standard InChI is InChI=1S/C9H14N2O2/c1-13-9-7(12)3-2-6(4-5-10)8(9)11/h2-3,12H,4-5,10-11H2,1H3. The normalized spacial score (nSPS) is 10.0. The average molecular weight is 182 g/mol. The quantitative estimate of drug-likeness (QED) is 0.594. The van der Waals surface area contributed by atoms with E-state index in [4.69, 9.17) is 16.2 Å². The summed E-state index contributed by atoms with van der Waals surface area (Å²) in [5.74, 6) is 0.381. The van der Waals surface area contributed by atoms with E-state index >= 15 is 0 Å². The molecule has 1 aromatic rings. The fraction of sp³-hybridized carbons (Fsp3) is 0.333. The first kappa shape index (κ1) is 9.67. The van der Waals surface area contributed by atoms with E-state index in [1.165, 1.54) is 7.11 Å².